The second-order valence-electron chi connectivity index (χ2n) is 6.45. The third-order valence-corrected chi connectivity index (χ3v) is 5.08. The third-order valence-electron chi connectivity index (χ3n) is 4.66. The standard InChI is InChI=1S/C18H35FN8S/c1-7-15(16(22-8-2)25(4)17(20)28-19)26(5)27(6)18(23-9-3)24-14-10-12-21-13-11-14/h9,14,20-22H,3,7-8,10-13H2,1-2,4-6H3,(H,23,24)/b16-15+,20-17?. The van der Waals surface area contributed by atoms with E-state index in [2.05, 4.69) is 22.5 Å². The van der Waals surface area contributed by atoms with Gasteiger partial charge in [0.25, 0.3) is 0 Å². The monoisotopic (exact) mass is 414 g/mol. The maximum absolute atomic E-state index is 13.0. The average Bonchev–Trinajstić information content (AvgIpc) is 2.72. The maximum Gasteiger partial charge on any atom is 0.217 e. The van der Waals surface area contributed by atoms with E-state index >= 15 is 0 Å². The summed E-state index contributed by atoms with van der Waals surface area (Å²) in [6, 6.07) is 0.251. The number of nitrogens with one attached hydrogen (secondary N) is 4. The first kappa shape index (κ1) is 24.1. The smallest absolute Gasteiger partial charge is 0.217 e. The third kappa shape index (κ3) is 6.59. The molecule has 10 heteroatoms. The van der Waals surface area contributed by atoms with Crippen molar-refractivity contribution in [1.82, 2.24) is 30.9 Å². The Kier molecular flexibility index (Phi) is 10.8. The number of halogens is 1. The highest BCUT2D eigenvalue weighted by Crippen LogP contribution is 2.19. The lowest BCUT2D eigenvalue weighted by Crippen LogP contribution is -2.48. The molecule has 0 aromatic rings. The number of aliphatic imine (C=N–C) groups is 1. The van der Waals surface area contributed by atoms with Crippen molar-refractivity contribution in [2.75, 3.05) is 40.8 Å². The van der Waals surface area contributed by atoms with Crippen LogP contribution < -0.4 is 16.0 Å². The highest BCUT2D eigenvalue weighted by molar-refractivity contribution is 8.09. The number of rotatable bonds is 8. The lowest BCUT2D eigenvalue weighted by molar-refractivity contribution is 0.137. The number of guanidine groups is 1. The number of allylic oxidation sites excluding steroid dienone is 1. The van der Waals surface area contributed by atoms with E-state index < -0.39 is 0 Å². The molecule has 1 rings (SSSR count). The van der Waals surface area contributed by atoms with E-state index in [4.69, 9.17) is 10.4 Å². The first-order valence-corrected chi connectivity index (χ1v) is 10.3. The summed E-state index contributed by atoms with van der Waals surface area (Å²) in [4.78, 5) is 6.40. The Hall–Kier alpha value is -1.94. The Morgan fingerprint density at radius 2 is 1.93 bits per heavy atom. The van der Waals surface area contributed by atoms with E-state index in [1.807, 2.05) is 38.0 Å². The van der Waals surface area contributed by atoms with Gasteiger partial charge in [0.2, 0.25) is 5.96 Å². The van der Waals surface area contributed by atoms with Crippen LogP contribution in [0, 0.1) is 5.41 Å². The van der Waals surface area contributed by atoms with Crippen molar-refractivity contribution >= 4 is 23.3 Å². The molecule has 0 bridgehead atoms. The number of nitrogens with zero attached hydrogens (tertiary/aromatic N) is 4. The lowest BCUT2D eigenvalue weighted by Gasteiger charge is -2.37. The zero-order valence-electron chi connectivity index (χ0n) is 17.7. The molecule has 1 fully saturated rings. The minimum Gasteiger partial charge on any atom is -0.370 e. The summed E-state index contributed by atoms with van der Waals surface area (Å²) in [7, 11) is 5.53. The quantitative estimate of drug-likeness (QED) is 0.276. The van der Waals surface area contributed by atoms with E-state index in [1.54, 1.807) is 13.2 Å². The van der Waals surface area contributed by atoms with Crippen LogP contribution in [0.3, 0.4) is 0 Å². The number of hydrogen-bond donors (Lipinski definition) is 4. The Morgan fingerprint density at radius 1 is 1.29 bits per heavy atom. The molecule has 1 aliphatic rings. The topological polar surface area (TPSA) is 82.0 Å². The molecule has 0 saturated carbocycles. The SMILES string of the molecule is C=CNC(=NC1CCNCC1)N(C)N(C)/C(CC)=C(\NCC)N(C)C(=N)SF. The average molecular weight is 415 g/mol. The van der Waals surface area contributed by atoms with Crippen molar-refractivity contribution in [2.24, 2.45) is 4.99 Å². The molecular formula is C18H35FN8S. The van der Waals surface area contributed by atoms with E-state index in [0.29, 0.717) is 24.7 Å². The van der Waals surface area contributed by atoms with Gasteiger partial charge in [-0.25, -0.2) is 4.99 Å². The van der Waals surface area contributed by atoms with Crippen LogP contribution in [0.15, 0.2) is 29.3 Å². The predicted octanol–water partition coefficient (Wildman–Crippen LogP) is 2.28. The van der Waals surface area contributed by atoms with Crippen LogP contribution in [0.4, 0.5) is 3.89 Å². The van der Waals surface area contributed by atoms with Gasteiger partial charge in [-0.05, 0) is 45.5 Å². The van der Waals surface area contributed by atoms with Crippen LogP contribution in [0.2, 0.25) is 0 Å². The molecule has 8 nitrogen and oxygen atoms in total. The van der Waals surface area contributed by atoms with E-state index in [1.165, 1.54) is 4.90 Å². The summed E-state index contributed by atoms with van der Waals surface area (Å²) in [5.41, 5.74) is 0.912. The molecular weight excluding hydrogens is 379 g/mol. The first-order valence-electron chi connectivity index (χ1n) is 9.62. The lowest BCUT2D eigenvalue weighted by atomic mass is 10.1. The molecule has 0 atom stereocenters. The summed E-state index contributed by atoms with van der Waals surface area (Å²) in [5.74, 6) is 1.39. The Morgan fingerprint density at radius 3 is 2.43 bits per heavy atom. The number of amidine groups is 1. The summed E-state index contributed by atoms with van der Waals surface area (Å²) in [5, 5.41) is 21.3. The molecule has 0 aromatic heterocycles. The van der Waals surface area contributed by atoms with Gasteiger partial charge in [0, 0.05) is 27.7 Å². The number of hydrogen-bond acceptors (Lipinski definition) is 6. The normalized spacial score (nSPS) is 16.1. The molecule has 4 N–H and O–H groups in total. The predicted molar refractivity (Wildman–Crippen MR) is 117 cm³/mol. The molecule has 0 spiro atoms. The molecule has 0 aromatic carbocycles. The molecule has 1 heterocycles. The zero-order valence-corrected chi connectivity index (χ0v) is 18.5. The van der Waals surface area contributed by atoms with Crippen LogP contribution in [-0.2, 0) is 0 Å². The van der Waals surface area contributed by atoms with Crippen LogP contribution in [-0.4, -0.2) is 72.9 Å². The van der Waals surface area contributed by atoms with Gasteiger partial charge in [-0.1, -0.05) is 13.5 Å². The van der Waals surface area contributed by atoms with Gasteiger partial charge in [-0.2, -0.15) is 3.89 Å². The second-order valence-corrected chi connectivity index (χ2v) is 6.99. The van der Waals surface area contributed by atoms with Crippen LogP contribution in [0.25, 0.3) is 0 Å². The maximum atomic E-state index is 13.0. The Balaban J connectivity index is 3.20. The fraction of sp³-hybridized carbons (Fsp3) is 0.667. The summed E-state index contributed by atoms with van der Waals surface area (Å²) in [6.07, 6.45) is 4.29. The molecule has 0 aliphatic carbocycles. The van der Waals surface area contributed by atoms with Gasteiger partial charge in [0.1, 0.15) is 18.0 Å². The van der Waals surface area contributed by atoms with Gasteiger partial charge in [0.15, 0.2) is 5.17 Å². The van der Waals surface area contributed by atoms with Gasteiger partial charge in [-0.3, -0.25) is 15.4 Å². The Labute approximate surface area is 173 Å². The minimum atomic E-state index is -0.175. The van der Waals surface area contributed by atoms with Gasteiger partial charge in [0.05, 0.1) is 11.7 Å². The molecule has 0 amide bonds. The van der Waals surface area contributed by atoms with Crippen LogP contribution in [0.5, 0.6) is 0 Å². The molecule has 28 heavy (non-hydrogen) atoms. The van der Waals surface area contributed by atoms with Crippen molar-refractivity contribution in [2.45, 2.75) is 39.2 Å². The highest BCUT2D eigenvalue weighted by atomic mass is 32.2. The largest absolute Gasteiger partial charge is 0.370 e. The first-order chi connectivity index (χ1) is 13.4. The zero-order chi connectivity index (χ0) is 21.1. The van der Waals surface area contributed by atoms with Crippen molar-refractivity contribution in [3.63, 3.8) is 0 Å². The molecule has 160 valence electrons. The second kappa shape index (κ2) is 12.5. The van der Waals surface area contributed by atoms with Crippen molar-refractivity contribution in [1.29, 1.82) is 5.41 Å². The molecule has 0 unspecified atom stereocenters. The Bertz CT molecular complexity index is 574. The molecule has 1 saturated heterocycles. The van der Waals surface area contributed by atoms with E-state index in [-0.39, 0.29) is 23.4 Å². The van der Waals surface area contributed by atoms with Gasteiger partial charge >= 0.3 is 0 Å². The molecule has 0 radical (unpaired) electrons. The fourth-order valence-corrected chi connectivity index (χ4v) is 3.22. The van der Waals surface area contributed by atoms with Crippen molar-refractivity contribution in [3.8, 4) is 0 Å². The van der Waals surface area contributed by atoms with E-state index in [0.717, 1.165) is 31.6 Å². The van der Waals surface area contributed by atoms with Crippen molar-refractivity contribution < 1.29 is 3.89 Å². The summed E-state index contributed by atoms with van der Waals surface area (Å²) >= 11 is -0.0795. The van der Waals surface area contributed by atoms with Crippen molar-refractivity contribution in [3.05, 3.63) is 24.3 Å². The number of piperidine rings is 1. The van der Waals surface area contributed by atoms with E-state index in [9.17, 15) is 3.89 Å². The molecule has 1 aliphatic heterocycles. The summed E-state index contributed by atoms with van der Waals surface area (Å²) < 4.78 is 13.0. The van der Waals surface area contributed by atoms with Gasteiger partial charge < -0.3 is 20.9 Å². The fourth-order valence-electron chi connectivity index (χ4n) is 3.02. The van der Waals surface area contributed by atoms with Gasteiger partial charge in [-0.15, -0.1) is 0 Å². The van der Waals surface area contributed by atoms with Crippen LogP contribution in [0.1, 0.15) is 33.1 Å². The van der Waals surface area contributed by atoms with Crippen LogP contribution >= 0.6 is 12.1 Å². The number of hydrazine groups is 1. The summed E-state index contributed by atoms with van der Waals surface area (Å²) in [6.45, 7) is 10.4. The highest BCUT2D eigenvalue weighted by Gasteiger charge is 2.22. The minimum absolute atomic E-state index is 0.0795.